The Hall–Kier alpha value is -2.05. The Balaban J connectivity index is 2.13. The highest BCUT2D eigenvalue weighted by Gasteiger charge is 2.27. The molecule has 0 saturated carbocycles. The Bertz CT molecular complexity index is 415. The first kappa shape index (κ1) is 15.0. The van der Waals surface area contributed by atoms with E-state index in [1.807, 2.05) is 12.3 Å². The van der Waals surface area contributed by atoms with Crippen molar-refractivity contribution < 1.29 is 14.7 Å². The van der Waals surface area contributed by atoms with Crippen molar-refractivity contribution in [3.8, 4) is 0 Å². The monoisotopic (exact) mass is 268 g/mol. The number of nitrogens with zero attached hydrogens (tertiary/aromatic N) is 2. The molecule has 7 nitrogen and oxygen atoms in total. The number of carbonyl (C=O) groups is 2. The van der Waals surface area contributed by atoms with Crippen molar-refractivity contribution >= 4 is 12.0 Å². The van der Waals surface area contributed by atoms with E-state index < -0.39 is 11.4 Å². The fraction of sp³-hybridized carbons (Fsp3) is 0.583. The number of hydrogen-bond acceptors (Lipinski definition) is 3. The smallest absolute Gasteiger partial charge is 0.314 e. The maximum absolute atomic E-state index is 11.4. The second-order valence-corrected chi connectivity index (χ2v) is 4.92. The Morgan fingerprint density at radius 3 is 2.68 bits per heavy atom. The molecule has 0 atom stereocenters. The van der Waals surface area contributed by atoms with Gasteiger partial charge in [-0.2, -0.15) is 5.10 Å². The number of nitrogens with one attached hydrogen (secondary N) is 2. The first-order chi connectivity index (χ1) is 8.92. The largest absolute Gasteiger partial charge is 0.481 e. The first-order valence-corrected chi connectivity index (χ1v) is 6.14. The molecule has 0 bridgehead atoms. The minimum absolute atomic E-state index is 0.0906. The maximum Gasteiger partial charge on any atom is 0.314 e. The SMILES string of the molecule is CC(C)(CNC(=O)NCCCn1cccn1)C(=O)O. The second kappa shape index (κ2) is 6.77. The minimum Gasteiger partial charge on any atom is -0.481 e. The van der Waals surface area contributed by atoms with Gasteiger partial charge in [-0.05, 0) is 26.3 Å². The summed E-state index contributed by atoms with van der Waals surface area (Å²) in [7, 11) is 0. The Morgan fingerprint density at radius 1 is 1.37 bits per heavy atom. The van der Waals surface area contributed by atoms with Crippen molar-refractivity contribution in [3.63, 3.8) is 0 Å². The number of carboxylic acid groups (broad SMARTS) is 1. The van der Waals surface area contributed by atoms with Crippen LogP contribution < -0.4 is 10.6 Å². The Morgan fingerprint density at radius 2 is 2.11 bits per heavy atom. The van der Waals surface area contributed by atoms with Gasteiger partial charge in [-0.25, -0.2) is 4.79 Å². The van der Waals surface area contributed by atoms with Gasteiger partial charge in [-0.1, -0.05) is 0 Å². The van der Waals surface area contributed by atoms with E-state index in [2.05, 4.69) is 15.7 Å². The van der Waals surface area contributed by atoms with E-state index in [1.165, 1.54) is 0 Å². The van der Waals surface area contributed by atoms with Gasteiger partial charge < -0.3 is 15.7 Å². The summed E-state index contributed by atoms with van der Waals surface area (Å²) in [6.45, 7) is 4.46. The molecule has 2 amide bonds. The van der Waals surface area contributed by atoms with E-state index in [1.54, 1.807) is 24.7 Å². The number of amides is 2. The van der Waals surface area contributed by atoms with E-state index in [0.29, 0.717) is 6.54 Å². The molecule has 0 aliphatic heterocycles. The Kier molecular flexibility index (Phi) is 5.35. The molecule has 1 heterocycles. The van der Waals surface area contributed by atoms with E-state index in [4.69, 9.17) is 5.11 Å². The van der Waals surface area contributed by atoms with Crippen molar-refractivity contribution in [2.24, 2.45) is 5.41 Å². The molecule has 0 saturated heterocycles. The number of aromatic nitrogens is 2. The third kappa shape index (κ3) is 5.41. The number of aryl methyl sites for hydroxylation is 1. The zero-order chi connectivity index (χ0) is 14.3. The summed E-state index contributed by atoms with van der Waals surface area (Å²) < 4.78 is 1.78. The van der Waals surface area contributed by atoms with Crippen LogP contribution in [0.25, 0.3) is 0 Å². The molecule has 19 heavy (non-hydrogen) atoms. The van der Waals surface area contributed by atoms with Crippen LogP contribution in [0, 0.1) is 5.41 Å². The highest BCUT2D eigenvalue weighted by atomic mass is 16.4. The molecular formula is C12H20N4O3. The lowest BCUT2D eigenvalue weighted by atomic mass is 9.94. The standard InChI is InChI=1S/C12H20N4O3/c1-12(2,10(17)18)9-14-11(19)13-5-3-7-16-8-4-6-15-16/h4,6,8H,3,5,7,9H2,1-2H3,(H,17,18)(H2,13,14,19). The van der Waals surface area contributed by atoms with Crippen LogP contribution in [-0.2, 0) is 11.3 Å². The van der Waals surface area contributed by atoms with Crippen LogP contribution in [0.1, 0.15) is 20.3 Å². The first-order valence-electron chi connectivity index (χ1n) is 6.14. The normalized spacial score (nSPS) is 11.1. The number of aliphatic carboxylic acids is 1. The lowest BCUT2D eigenvalue weighted by Gasteiger charge is -2.19. The van der Waals surface area contributed by atoms with Gasteiger partial charge in [0.15, 0.2) is 0 Å². The molecule has 0 unspecified atom stereocenters. The quantitative estimate of drug-likeness (QED) is 0.634. The van der Waals surface area contributed by atoms with Crippen LogP contribution in [0.15, 0.2) is 18.5 Å². The highest BCUT2D eigenvalue weighted by Crippen LogP contribution is 2.12. The molecule has 0 aliphatic carbocycles. The molecule has 1 aromatic heterocycles. The molecule has 1 aromatic rings. The van der Waals surface area contributed by atoms with Gasteiger partial charge in [0.25, 0.3) is 0 Å². The summed E-state index contributed by atoms with van der Waals surface area (Å²) in [5, 5.41) is 18.2. The van der Waals surface area contributed by atoms with Gasteiger partial charge in [0, 0.05) is 32.0 Å². The molecule has 0 aromatic carbocycles. The number of urea groups is 1. The molecule has 106 valence electrons. The Labute approximate surface area is 112 Å². The summed E-state index contributed by atoms with van der Waals surface area (Å²) in [5.74, 6) is -0.938. The average Bonchev–Trinajstić information content (AvgIpc) is 2.85. The van der Waals surface area contributed by atoms with E-state index in [0.717, 1.165) is 13.0 Å². The second-order valence-electron chi connectivity index (χ2n) is 4.92. The predicted octanol–water partition coefficient (Wildman–Crippen LogP) is 0.683. The van der Waals surface area contributed by atoms with E-state index >= 15 is 0 Å². The summed E-state index contributed by atoms with van der Waals surface area (Å²) >= 11 is 0. The van der Waals surface area contributed by atoms with Crippen LogP contribution in [0.2, 0.25) is 0 Å². The summed E-state index contributed by atoms with van der Waals surface area (Å²) in [5.41, 5.74) is -0.966. The van der Waals surface area contributed by atoms with Gasteiger partial charge in [0.2, 0.25) is 0 Å². The van der Waals surface area contributed by atoms with Gasteiger partial charge in [0.05, 0.1) is 5.41 Å². The zero-order valence-electron chi connectivity index (χ0n) is 11.2. The van der Waals surface area contributed by atoms with Crippen molar-refractivity contribution in [2.75, 3.05) is 13.1 Å². The molecule has 7 heteroatoms. The van der Waals surface area contributed by atoms with Crippen LogP contribution in [-0.4, -0.2) is 40.0 Å². The predicted molar refractivity (Wildman–Crippen MR) is 69.7 cm³/mol. The van der Waals surface area contributed by atoms with E-state index in [-0.39, 0.29) is 12.6 Å². The topological polar surface area (TPSA) is 96.3 Å². The van der Waals surface area contributed by atoms with Gasteiger partial charge in [-0.3, -0.25) is 9.48 Å². The van der Waals surface area contributed by atoms with Gasteiger partial charge in [-0.15, -0.1) is 0 Å². The summed E-state index contributed by atoms with van der Waals surface area (Å²) in [6.07, 6.45) is 4.32. The molecule has 3 N–H and O–H groups in total. The molecule has 0 aliphatic rings. The molecule has 1 rings (SSSR count). The number of hydrogen-bond donors (Lipinski definition) is 3. The average molecular weight is 268 g/mol. The third-order valence-electron chi connectivity index (χ3n) is 2.68. The van der Waals surface area contributed by atoms with Crippen LogP contribution >= 0.6 is 0 Å². The molecular weight excluding hydrogens is 248 g/mol. The zero-order valence-corrected chi connectivity index (χ0v) is 11.2. The number of carbonyl (C=O) groups excluding carboxylic acids is 1. The molecule has 0 spiro atoms. The van der Waals surface area contributed by atoms with Gasteiger partial charge >= 0.3 is 12.0 Å². The van der Waals surface area contributed by atoms with Crippen LogP contribution in [0.4, 0.5) is 4.79 Å². The minimum atomic E-state index is -0.966. The maximum atomic E-state index is 11.4. The van der Waals surface area contributed by atoms with Gasteiger partial charge in [0.1, 0.15) is 0 Å². The summed E-state index contributed by atoms with van der Waals surface area (Å²) in [4.78, 5) is 22.3. The van der Waals surface area contributed by atoms with Crippen molar-refractivity contribution in [2.45, 2.75) is 26.8 Å². The van der Waals surface area contributed by atoms with Crippen LogP contribution in [0.3, 0.4) is 0 Å². The lowest BCUT2D eigenvalue weighted by Crippen LogP contribution is -2.43. The number of carboxylic acids is 1. The number of rotatable bonds is 7. The lowest BCUT2D eigenvalue weighted by molar-refractivity contribution is -0.146. The van der Waals surface area contributed by atoms with Crippen molar-refractivity contribution in [3.05, 3.63) is 18.5 Å². The van der Waals surface area contributed by atoms with Crippen molar-refractivity contribution in [1.29, 1.82) is 0 Å². The molecule has 0 fully saturated rings. The van der Waals surface area contributed by atoms with Crippen LogP contribution in [0.5, 0.6) is 0 Å². The summed E-state index contributed by atoms with van der Waals surface area (Å²) in [6, 6.07) is 1.49. The third-order valence-corrected chi connectivity index (χ3v) is 2.68. The highest BCUT2D eigenvalue weighted by molar-refractivity contribution is 5.77. The van der Waals surface area contributed by atoms with Crippen molar-refractivity contribution in [1.82, 2.24) is 20.4 Å². The van der Waals surface area contributed by atoms with E-state index in [9.17, 15) is 9.59 Å². The fourth-order valence-corrected chi connectivity index (χ4v) is 1.32. The fourth-order valence-electron chi connectivity index (χ4n) is 1.32. The molecule has 0 radical (unpaired) electrons.